The first-order valence-corrected chi connectivity index (χ1v) is 19.8. The Balaban J connectivity index is 1.09. The number of nitrogens with zero attached hydrogens (tertiary/aromatic N) is 2. The van der Waals surface area contributed by atoms with Gasteiger partial charge in [-0.1, -0.05) is 54.1 Å². The first kappa shape index (κ1) is 38.4. The number of nitriles is 1. The Morgan fingerprint density at radius 2 is 1.64 bits per heavy atom. The Morgan fingerprint density at radius 3 is 2.33 bits per heavy atom. The molecular formula is C45H51ClN6O3. The lowest BCUT2D eigenvalue weighted by Crippen LogP contribution is -2.51. The first-order chi connectivity index (χ1) is 26.7. The van der Waals surface area contributed by atoms with Gasteiger partial charge in [0.1, 0.15) is 11.5 Å². The largest absolute Gasteiger partial charge is 0.496 e. The molecule has 10 heteroatoms. The van der Waals surface area contributed by atoms with E-state index < -0.39 is 0 Å². The van der Waals surface area contributed by atoms with Gasteiger partial charge in [0.2, 0.25) is 5.91 Å². The predicted molar refractivity (Wildman–Crippen MR) is 220 cm³/mol. The van der Waals surface area contributed by atoms with Crippen molar-refractivity contribution in [1.29, 1.82) is 10.7 Å². The van der Waals surface area contributed by atoms with Gasteiger partial charge >= 0.3 is 0 Å². The van der Waals surface area contributed by atoms with Gasteiger partial charge < -0.3 is 30.8 Å². The average Bonchev–Trinajstić information content (AvgIpc) is 3.65. The van der Waals surface area contributed by atoms with Crippen molar-refractivity contribution in [3.05, 3.63) is 99.6 Å². The van der Waals surface area contributed by atoms with Crippen LogP contribution in [0.15, 0.2) is 66.7 Å². The number of halogens is 1. The van der Waals surface area contributed by atoms with Crippen LogP contribution in [0.4, 0.5) is 5.69 Å². The molecule has 1 amide bonds. The monoisotopic (exact) mass is 758 g/mol. The van der Waals surface area contributed by atoms with E-state index >= 15 is 0 Å². The van der Waals surface area contributed by atoms with Gasteiger partial charge in [-0.05, 0) is 98.9 Å². The molecule has 4 N–H and O–H groups in total. The van der Waals surface area contributed by atoms with Crippen molar-refractivity contribution in [1.82, 2.24) is 15.5 Å². The molecule has 4 aliphatic rings. The number of ether oxygens (including phenoxy) is 2. The molecule has 4 aromatic carbocycles. The summed E-state index contributed by atoms with van der Waals surface area (Å²) in [6.07, 6.45) is 10.5. The van der Waals surface area contributed by atoms with Gasteiger partial charge in [-0.15, -0.1) is 0 Å². The molecule has 3 saturated carbocycles. The van der Waals surface area contributed by atoms with E-state index in [9.17, 15) is 10.1 Å². The van der Waals surface area contributed by atoms with Crippen molar-refractivity contribution < 1.29 is 14.3 Å². The predicted octanol–water partition coefficient (Wildman–Crippen LogP) is 8.70. The van der Waals surface area contributed by atoms with Crippen molar-refractivity contribution in [2.75, 3.05) is 33.1 Å². The lowest BCUT2D eigenvalue weighted by atomic mass is 9.65. The molecule has 8 rings (SSSR count). The van der Waals surface area contributed by atoms with Crippen LogP contribution < -0.4 is 25.4 Å². The Kier molecular flexibility index (Phi) is 11.8. The van der Waals surface area contributed by atoms with Crippen LogP contribution in [0.2, 0.25) is 5.02 Å². The number of hydrogen-bond acceptors (Lipinski definition) is 8. The molecule has 1 aliphatic heterocycles. The van der Waals surface area contributed by atoms with Gasteiger partial charge in [-0.2, -0.15) is 5.26 Å². The first-order valence-electron chi connectivity index (χ1n) is 19.4. The topological polar surface area (TPSA) is 122 Å². The van der Waals surface area contributed by atoms with Crippen molar-refractivity contribution in [2.24, 2.45) is 5.92 Å². The van der Waals surface area contributed by atoms with Crippen molar-refractivity contribution >= 4 is 29.4 Å². The molecule has 1 atom stereocenters. The van der Waals surface area contributed by atoms with Gasteiger partial charge in [0.05, 0.1) is 30.9 Å². The molecule has 4 fully saturated rings. The summed E-state index contributed by atoms with van der Waals surface area (Å²) in [5.74, 6) is 2.55. The summed E-state index contributed by atoms with van der Waals surface area (Å²) in [6.45, 7) is 2.44. The molecule has 4 aromatic rings. The summed E-state index contributed by atoms with van der Waals surface area (Å²) >= 11 is 7.19. The number of amides is 1. The molecule has 0 spiro atoms. The second-order valence-corrected chi connectivity index (χ2v) is 15.8. The lowest BCUT2D eigenvalue weighted by molar-refractivity contribution is -0.119. The van der Waals surface area contributed by atoms with E-state index in [0.29, 0.717) is 42.2 Å². The Morgan fingerprint density at radius 1 is 0.927 bits per heavy atom. The fourth-order valence-electron chi connectivity index (χ4n) is 8.99. The molecule has 1 unspecified atom stereocenters. The zero-order valence-electron chi connectivity index (χ0n) is 32.1. The molecular weight excluding hydrogens is 708 g/mol. The molecule has 55 heavy (non-hydrogen) atoms. The molecule has 2 bridgehead atoms. The maximum Gasteiger partial charge on any atom is 0.220 e. The summed E-state index contributed by atoms with van der Waals surface area (Å²) in [6, 6.07) is 24.5. The fraction of sp³-hybridized carbons (Fsp3) is 0.400. The van der Waals surface area contributed by atoms with Crippen LogP contribution in [0.25, 0.3) is 22.3 Å². The molecule has 9 nitrogen and oxygen atoms in total. The number of rotatable bonds is 15. The third-order valence-electron chi connectivity index (χ3n) is 12.3. The van der Waals surface area contributed by atoms with Gasteiger partial charge in [-0.25, -0.2) is 0 Å². The summed E-state index contributed by atoms with van der Waals surface area (Å²) in [7, 11) is 5.59. The van der Waals surface area contributed by atoms with Crippen LogP contribution in [0.1, 0.15) is 79.2 Å². The minimum atomic E-state index is 0.110. The number of methoxy groups -OCH3 is 2. The highest BCUT2D eigenvalue weighted by Gasteiger charge is 2.43. The Labute approximate surface area is 329 Å². The SMILES string of the molecule is COc1cc(-c2cccc(-c3cccc(NCc4cc(OC)c(CN(C)C56CCC(CC5)CC6)cc4C#N)c3C=N)c2Cl)ccc1CNCC1CCC(=O)N1. The number of carbonyl (C=O) groups is 1. The number of carbonyl (C=O) groups excluding carboxylic acids is 1. The standard InChI is InChI=1S/C45H51ClN6O3/c1-52(45-17-14-29(15-18-45)16-19-45)28-34-20-32(23-47)33(22-42(34)55-3)26-50-40-9-5-7-37(39(40)24-48)38-8-4-6-36(44(38)46)30-10-11-31(41(21-30)54-2)25-49-27-35-12-13-43(53)51-35/h4-11,20-22,24,29,35,48-50H,12-19,25-28H2,1-3H3,(H,51,53). The van der Waals surface area contributed by atoms with E-state index in [1.54, 1.807) is 14.2 Å². The molecule has 0 radical (unpaired) electrons. The van der Waals surface area contributed by atoms with E-state index in [1.807, 2.05) is 66.7 Å². The van der Waals surface area contributed by atoms with E-state index in [-0.39, 0.29) is 17.5 Å². The molecule has 1 heterocycles. The summed E-state index contributed by atoms with van der Waals surface area (Å²) in [5, 5.41) is 29.3. The zero-order chi connectivity index (χ0) is 38.5. The molecule has 3 aliphatic carbocycles. The second kappa shape index (κ2) is 16.9. The van der Waals surface area contributed by atoms with E-state index in [4.69, 9.17) is 26.5 Å². The second-order valence-electron chi connectivity index (χ2n) is 15.4. The van der Waals surface area contributed by atoms with E-state index in [0.717, 1.165) is 75.0 Å². The Hall–Kier alpha value is -4.88. The van der Waals surface area contributed by atoms with E-state index in [2.05, 4.69) is 34.0 Å². The summed E-state index contributed by atoms with van der Waals surface area (Å²) in [5.41, 5.74) is 8.61. The number of hydrogen-bond donors (Lipinski definition) is 4. The highest BCUT2D eigenvalue weighted by atomic mass is 35.5. The fourth-order valence-corrected chi connectivity index (χ4v) is 9.32. The van der Waals surface area contributed by atoms with Gasteiger partial charge in [0.25, 0.3) is 0 Å². The maximum absolute atomic E-state index is 11.6. The highest BCUT2D eigenvalue weighted by molar-refractivity contribution is 6.36. The minimum absolute atomic E-state index is 0.110. The quantitative estimate of drug-likeness (QED) is 0.0895. The third-order valence-corrected chi connectivity index (χ3v) is 12.7. The number of nitrogens with one attached hydrogen (secondary N) is 4. The molecule has 1 saturated heterocycles. The summed E-state index contributed by atoms with van der Waals surface area (Å²) in [4.78, 5) is 14.1. The van der Waals surface area contributed by atoms with Crippen LogP contribution in [0.3, 0.4) is 0 Å². The maximum atomic E-state index is 11.6. The smallest absolute Gasteiger partial charge is 0.220 e. The van der Waals surface area contributed by atoms with Crippen LogP contribution in [0.5, 0.6) is 11.5 Å². The highest BCUT2D eigenvalue weighted by Crippen LogP contribution is 2.48. The normalized spacial score (nSPS) is 20.3. The van der Waals surface area contributed by atoms with Gasteiger partial charge in [0.15, 0.2) is 0 Å². The molecule has 0 aromatic heterocycles. The van der Waals surface area contributed by atoms with Crippen LogP contribution in [0, 0.1) is 22.7 Å². The van der Waals surface area contributed by atoms with Gasteiger partial charge in [0, 0.05) is 83.9 Å². The van der Waals surface area contributed by atoms with Crippen LogP contribution in [-0.4, -0.2) is 56.4 Å². The minimum Gasteiger partial charge on any atom is -0.496 e. The number of anilines is 1. The van der Waals surface area contributed by atoms with Gasteiger partial charge in [-0.3, -0.25) is 9.69 Å². The number of benzene rings is 4. The van der Waals surface area contributed by atoms with E-state index in [1.165, 1.54) is 44.7 Å². The van der Waals surface area contributed by atoms with Crippen molar-refractivity contribution in [3.63, 3.8) is 0 Å². The van der Waals surface area contributed by atoms with Crippen LogP contribution in [-0.2, 0) is 24.4 Å². The average molecular weight is 759 g/mol. The zero-order valence-corrected chi connectivity index (χ0v) is 32.8. The van der Waals surface area contributed by atoms with Crippen LogP contribution >= 0.6 is 11.6 Å². The Bertz CT molecular complexity index is 2090. The van der Waals surface area contributed by atoms with Crippen molar-refractivity contribution in [2.45, 2.75) is 82.6 Å². The number of fused-ring (bicyclic) bond motifs is 3. The van der Waals surface area contributed by atoms with Crippen molar-refractivity contribution in [3.8, 4) is 39.8 Å². The third kappa shape index (κ3) is 8.09. The molecule has 286 valence electrons. The summed E-state index contributed by atoms with van der Waals surface area (Å²) < 4.78 is 11.7. The lowest BCUT2D eigenvalue weighted by Gasteiger charge is -2.52.